The average Bonchev–Trinajstić information content (AvgIpc) is 2.37. The Hall–Kier alpha value is -1.75. The lowest BCUT2D eigenvalue weighted by Crippen LogP contribution is -2.16. The summed E-state index contributed by atoms with van der Waals surface area (Å²) in [5, 5.41) is 2.71. The number of nitrogens with one attached hydrogen (secondary N) is 1. The maximum Gasteiger partial charge on any atom is 0.228 e. The van der Waals surface area contributed by atoms with Crippen LogP contribution in [0.25, 0.3) is 0 Å². The summed E-state index contributed by atoms with van der Waals surface area (Å²) >= 11 is 3.32. The molecule has 0 unspecified atom stereocenters. The minimum atomic E-state index is -0.717. The fraction of sp³-hybridized carbons (Fsp3) is 0.133. The number of rotatable bonds is 3. The van der Waals surface area contributed by atoms with Gasteiger partial charge in [-0.15, -0.1) is 0 Å². The molecule has 0 saturated carbocycles. The molecule has 0 bridgehead atoms. The number of halogens is 3. The lowest BCUT2D eigenvalue weighted by atomic mass is 10.1. The molecule has 0 fully saturated rings. The van der Waals surface area contributed by atoms with Gasteiger partial charge in [-0.25, -0.2) is 8.78 Å². The van der Waals surface area contributed by atoms with Gasteiger partial charge in [0, 0.05) is 16.2 Å². The molecule has 0 atom stereocenters. The van der Waals surface area contributed by atoms with Gasteiger partial charge < -0.3 is 5.32 Å². The predicted octanol–water partition coefficient (Wildman–Crippen LogP) is 4.22. The summed E-state index contributed by atoms with van der Waals surface area (Å²) in [4.78, 5) is 11.9. The van der Waals surface area contributed by atoms with E-state index in [1.54, 1.807) is 6.07 Å². The topological polar surface area (TPSA) is 29.1 Å². The van der Waals surface area contributed by atoms with Crippen LogP contribution in [-0.2, 0) is 11.2 Å². The van der Waals surface area contributed by atoms with Gasteiger partial charge in [-0.05, 0) is 36.2 Å². The zero-order valence-electron chi connectivity index (χ0n) is 10.7. The molecule has 2 aromatic carbocycles. The molecule has 2 aromatic rings. The van der Waals surface area contributed by atoms with Gasteiger partial charge in [0.2, 0.25) is 5.91 Å². The maximum absolute atomic E-state index is 13.5. The van der Waals surface area contributed by atoms with Crippen LogP contribution in [-0.4, -0.2) is 5.91 Å². The lowest BCUT2D eigenvalue weighted by Gasteiger charge is -2.09. The Balaban J connectivity index is 2.11. The van der Waals surface area contributed by atoms with Gasteiger partial charge in [0.15, 0.2) is 0 Å². The molecular weight excluding hydrogens is 328 g/mol. The molecule has 1 amide bonds. The molecule has 0 aliphatic rings. The van der Waals surface area contributed by atoms with Crippen molar-refractivity contribution in [2.24, 2.45) is 0 Å². The van der Waals surface area contributed by atoms with E-state index >= 15 is 0 Å². The van der Waals surface area contributed by atoms with Crippen LogP contribution < -0.4 is 5.32 Å². The Labute approximate surface area is 123 Å². The molecule has 0 aromatic heterocycles. The summed E-state index contributed by atoms with van der Waals surface area (Å²) in [5.74, 6) is -1.72. The van der Waals surface area contributed by atoms with Crippen molar-refractivity contribution < 1.29 is 13.6 Å². The Kier molecular flexibility index (Phi) is 4.49. The Morgan fingerprint density at radius 2 is 1.95 bits per heavy atom. The number of anilines is 1. The number of hydrogen-bond donors (Lipinski definition) is 1. The second-order valence-electron chi connectivity index (χ2n) is 4.42. The van der Waals surface area contributed by atoms with Gasteiger partial charge in [-0.2, -0.15) is 0 Å². The van der Waals surface area contributed by atoms with Crippen LogP contribution >= 0.6 is 15.9 Å². The molecule has 20 heavy (non-hydrogen) atoms. The number of carbonyl (C=O) groups excluding carboxylic acids is 1. The van der Waals surface area contributed by atoms with Crippen LogP contribution in [0.2, 0.25) is 0 Å². The monoisotopic (exact) mass is 339 g/mol. The fourth-order valence-electron chi connectivity index (χ4n) is 1.76. The number of aryl methyl sites for hydroxylation is 1. The van der Waals surface area contributed by atoms with Crippen molar-refractivity contribution in [3.63, 3.8) is 0 Å². The first kappa shape index (κ1) is 14.7. The van der Waals surface area contributed by atoms with Crippen molar-refractivity contribution in [3.8, 4) is 0 Å². The van der Waals surface area contributed by atoms with Crippen LogP contribution in [0.1, 0.15) is 11.1 Å². The molecular formula is C15H12BrF2NO. The molecule has 0 heterocycles. The van der Waals surface area contributed by atoms with Gasteiger partial charge >= 0.3 is 0 Å². The van der Waals surface area contributed by atoms with Crippen molar-refractivity contribution in [1.29, 1.82) is 0 Å². The first-order valence-electron chi connectivity index (χ1n) is 5.95. The molecule has 5 heteroatoms. The molecule has 104 valence electrons. The summed E-state index contributed by atoms with van der Waals surface area (Å²) < 4.78 is 27.1. The van der Waals surface area contributed by atoms with E-state index in [1.807, 2.05) is 19.1 Å². The van der Waals surface area contributed by atoms with Crippen LogP contribution in [0, 0.1) is 18.6 Å². The van der Waals surface area contributed by atoms with Crippen molar-refractivity contribution in [2.75, 3.05) is 5.32 Å². The molecule has 2 nitrogen and oxygen atoms in total. The second-order valence-corrected chi connectivity index (χ2v) is 5.34. The van der Waals surface area contributed by atoms with E-state index in [4.69, 9.17) is 0 Å². The van der Waals surface area contributed by atoms with Crippen molar-refractivity contribution in [3.05, 3.63) is 63.6 Å². The van der Waals surface area contributed by atoms with Crippen molar-refractivity contribution >= 4 is 27.5 Å². The third-order valence-corrected chi connectivity index (χ3v) is 3.33. The van der Waals surface area contributed by atoms with Crippen molar-refractivity contribution in [1.82, 2.24) is 0 Å². The third kappa shape index (κ3) is 3.63. The number of amides is 1. The molecule has 1 N–H and O–H groups in total. The molecule has 0 radical (unpaired) electrons. The maximum atomic E-state index is 13.5. The van der Waals surface area contributed by atoms with Gasteiger partial charge in [-0.3, -0.25) is 4.79 Å². The summed E-state index contributed by atoms with van der Waals surface area (Å²) in [7, 11) is 0. The van der Waals surface area contributed by atoms with Crippen LogP contribution in [0.3, 0.4) is 0 Å². The molecule has 0 spiro atoms. The number of carbonyl (C=O) groups is 1. The minimum absolute atomic E-state index is 0.141. The highest BCUT2D eigenvalue weighted by Crippen LogP contribution is 2.21. The standard InChI is InChI=1S/C15H12BrF2NO/c1-9-2-4-11(16)7-14(9)19-15(20)6-10-3-5-12(17)8-13(10)18/h2-5,7-8H,6H2,1H3,(H,19,20). The van der Waals surface area contributed by atoms with Gasteiger partial charge in [0.1, 0.15) is 11.6 Å². The second kappa shape index (κ2) is 6.13. The van der Waals surface area contributed by atoms with Crippen LogP contribution in [0.4, 0.5) is 14.5 Å². The van der Waals surface area contributed by atoms with E-state index < -0.39 is 11.6 Å². The predicted molar refractivity (Wildman–Crippen MR) is 77.6 cm³/mol. The molecule has 2 rings (SSSR count). The van der Waals surface area contributed by atoms with E-state index in [1.165, 1.54) is 6.07 Å². The third-order valence-electron chi connectivity index (χ3n) is 2.84. The first-order chi connectivity index (χ1) is 9.45. The summed E-state index contributed by atoms with van der Waals surface area (Å²) in [6.45, 7) is 1.86. The molecule has 0 saturated heterocycles. The van der Waals surface area contributed by atoms with E-state index in [-0.39, 0.29) is 17.9 Å². The van der Waals surface area contributed by atoms with Crippen LogP contribution in [0.15, 0.2) is 40.9 Å². The minimum Gasteiger partial charge on any atom is -0.326 e. The van der Waals surface area contributed by atoms with Gasteiger partial charge in [0.05, 0.1) is 6.42 Å². The van der Waals surface area contributed by atoms with E-state index in [9.17, 15) is 13.6 Å². The Bertz CT molecular complexity index is 658. The van der Waals surface area contributed by atoms with Crippen LogP contribution in [0.5, 0.6) is 0 Å². The normalized spacial score (nSPS) is 10.4. The highest BCUT2D eigenvalue weighted by molar-refractivity contribution is 9.10. The fourth-order valence-corrected chi connectivity index (χ4v) is 2.12. The highest BCUT2D eigenvalue weighted by atomic mass is 79.9. The quantitative estimate of drug-likeness (QED) is 0.891. The van der Waals surface area contributed by atoms with E-state index in [0.29, 0.717) is 5.69 Å². The zero-order valence-corrected chi connectivity index (χ0v) is 12.3. The SMILES string of the molecule is Cc1ccc(Br)cc1NC(=O)Cc1ccc(F)cc1F. The van der Waals surface area contributed by atoms with Gasteiger partial charge in [-0.1, -0.05) is 28.1 Å². The average molecular weight is 340 g/mol. The largest absolute Gasteiger partial charge is 0.326 e. The molecule has 0 aliphatic carbocycles. The Morgan fingerprint density at radius 1 is 1.20 bits per heavy atom. The summed E-state index contributed by atoms with van der Waals surface area (Å²) in [5.41, 5.74) is 1.73. The number of hydrogen-bond acceptors (Lipinski definition) is 1. The highest BCUT2D eigenvalue weighted by Gasteiger charge is 2.10. The van der Waals surface area contributed by atoms with Gasteiger partial charge in [0.25, 0.3) is 0 Å². The van der Waals surface area contributed by atoms with E-state index in [0.717, 1.165) is 22.2 Å². The summed E-state index contributed by atoms with van der Waals surface area (Å²) in [6, 6.07) is 8.68. The van der Waals surface area contributed by atoms with Crippen molar-refractivity contribution in [2.45, 2.75) is 13.3 Å². The first-order valence-corrected chi connectivity index (χ1v) is 6.75. The smallest absolute Gasteiger partial charge is 0.228 e. The zero-order chi connectivity index (χ0) is 14.7. The lowest BCUT2D eigenvalue weighted by molar-refractivity contribution is -0.115. The summed E-state index contributed by atoms with van der Waals surface area (Å²) in [6.07, 6.45) is -0.141. The van der Waals surface area contributed by atoms with E-state index in [2.05, 4.69) is 21.2 Å². The molecule has 0 aliphatic heterocycles. The Morgan fingerprint density at radius 3 is 2.65 bits per heavy atom. The number of benzene rings is 2.